The molecule has 2 aliphatic rings. The molecule has 0 saturated heterocycles. The molecule has 0 spiro atoms. The van der Waals surface area contributed by atoms with Gasteiger partial charge in [0.15, 0.2) is 0 Å². The van der Waals surface area contributed by atoms with E-state index in [4.69, 9.17) is 9.47 Å². The normalized spacial score (nSPS) is 17.6. The van der Waals surface area contributed by atoms with Crippen LogP contribution in [-0.2, 0) is 19.5 Å². The molecule has 4 heteroatoms. The summed E-state index contributed by atoms with van der Waals surface area (Å²) in [4.78, 5) is 2.42. The summed E-state index contributed by atoms with van der Waals surface area (Å²) in [5.74, 6) is 2.45. The molecular weight excluding hydrogens is 338 g/mol. The molecule has 1 N–H and O–H groups in total. The monoisotopic (exact) mass is 367 g/mol. The van der Waals surface area contributed by atoms with Gasteiger partial charge in [0.2, 0.25) is 0 Å². The number of hydrogen-bond acceptors (Lipinski definition) is 4. The van der Waals surface area contributed by atoms with Gasteiger partial charge in [0.05, 0.1) is 12.7 Å². The zero-order chi connectivity index (χ0) is 18.8. The molecule has 0 radical (unpaired) electrons. The second kappa shape index (κ2) is 7.91. The van der Waals surface area contributed by atoms with Gasteiger partial charge in [0, 0.05) is 31.6 Å². The second-order valence-electron chi connectivity index (χ2n) is 8.11. The molecule has 0 unspecified atom stereocenters. The second-order valence-corrected chi connectivity index (χ2v) is 8.11. The average molecular weight is 367 g/mol. The van der Waals surface area contributed by atoms with Gasteiger partial charge in [-0.25, -0.2) is 0 Å². The smallest absolute Gasteiger partial charge is 0.123 e. The molecule has 0 saturated carbocycles. The first-order valence-electron chi connectivity index (χ1n) is 9.99. The first-order chi connectivity index (χ1) is 13.1. The fourth-order valence-electron chi connectivity index (χ4n) is 3.99. The van der Waals surface area contributed by atoms with Crippen molar-refractivity contribution in [2.24, 2.45) is 5.92 Å². The van der Waals surface area contributed by atoms with Crippen LogP contribution in [0.5, 0.6) is 11.5 Å². The van der Waals surface area contributed by atoms with Crippen molar-refractivity contribution in [3.63, 3.8) is 0 Å². The first kappa shape index (κ1) is 18.3. The van der Waals surface area contributed by atoms with Crippen LogP contribution in [0.25, 0.3) is 0 Å². The Kier molecular flexibility index (Phi) is 5.37. The van der Waals surface area contributed by atoms with E-state index in [0.29, 0.717) is 12.5 Å². The van der Waals surface area contributed by atoms with E-state index in [2.05, 4.69) is 43.0 Å². The summed E-state index contributed by atoms with van der Waals surface area (Å²) in [5, 5.41) is 10.5. The van der Waals surface area contributed by atoms with Crippen LogP contribution in [0.15, 0.2) is 36.4 Å². The van der Waals surface area contributed by atoms with E-state index in [1.54, 1.807) is 0 Å². The van der Waals surface area contributed by atoms with Crippen molar-refractivity contribution in [3.8, 4) is 11.5 Å². The third-order valence-electron chi connectivity index (χ3n) is 5.38. The Hall–Kier alpha value is -2.04. The summed E-state index contributed by atoms with van der Waals surface area (Å²) in [6, 6.07) is 12.7. The molecule has 0 amide bonds. The highest BCUT2D eigenvalue weighted by Gasteiger charge is 2.19. The van der Waals surface area contributed by atoms with E-state index in [9.17, 15) is 5.11 Å². The molecule has 0 bridgehead atoms. The third kappa shape index (κ3) is 4.28. The summed E-state index contributed by atoms with van der Waals surface area (Å²) >= 11 is 0. The molecule has 0 aliphatic carbocycles. The van der Waals surface area contributed by atoms with Crippen molar-refractivity contribution >= 4 is 0 Å². The van der Waals surface area contributed by atoms with Gasteiger partial charge in [-0.3, -0.25) is 4.90 Å². The van der Waals surface area contributed by atoms with Crippen molar-refractivity contribution < 1.29 is 14.6 Å². The van der Waals surface area contributed by atoms with E-state index in [1.165, 1.54) is 11.1 Å². The Bertz CT molecular complexity index is 802. The van der Waals surface area contributed by atoms with Crippen LogP contribution in [0.4, 0.5) is 0 Å². The lowest BCUT2D eigenvalue weighted by atomic mass is 9.97. The predicted molar refractivity (Wildman–Crippen MR) is 106 cm³/mol. The predicted octanol–water partition coefficient (Wildman–Crippen LogP) is 4.10. The van der Waals surface area contributed by atoms with Crippen LogP contribution < -0.4 is 9.47 Å². The lowest BCUT2D eigenvalue weighted by Gasteiger charge is -2.20. The minimum atomic E-state index is -0.413. The highest BCUT2D eigenvalue weighted by atomic mass is 16.5. The van der Waals surface area contributed by atoms with Gasteiger partial charge < -0.3 is 14.6 Å². The van der Waals surface area contributed by atoms with Gasteiger partial charge in [-0.15, -0.1) is 0 Å². The largest absolute Gasteiger partial charge is 0.493 e. The zero-order valence-electron chi connectivity index (χ0n) is 16.3. The molecule has 0 fully saturated rings. The van der Waals surface area contributed by atoms with Gasteiger partial charge >= 0.3 is 0 Å². The van der Waals surface area contributed by atoms with Crippen molar-refractivity contribution in [3.05, 3.63) is 58.7 Å². The maximum Gasteiger partial charge on any atom is 0.123 e. The molecule has 0 aromatic heterocycles. The van der Waals surface area contributed by atoms with E-state index in [1.807, 2.05) is 12.1 Å². The number of benzene rings is 2. The van der Waals surface area contributed by atoms with Crippen molar-refractivity contribution in [2.45, 2.75) is 45.9 Å². The molecule has 2 aromatic rings. The number of hydrogen-bond donors (Lipinski definition) is 1. The number of nitrogens with zero attached hydrogens (tertiary/aromatic N) is 1. The fourth-order valence-corrected chi connectivity index (χ4v) is 3.99. The number of rotatable bonds is 5. The van der Waals surface area contributed by atoms with Crippen LogP contribution in [0.3, 0.4) is 0 Å². The van der Waals surface area contributed by atoms with E-state index >= 15 is 0 Å². The number of aliphatic hydroxyl groups excluding tert-OH is 1. The van der Waals surface area contributed by atoms with Crippen molar-refractivity contribution in [2.75, 3.05) is 19.8 Å². The minimum absolute atomic E-state index is 0.413. The molecule has 27 heavy (non-hydrogen) atoms. The zero-order valence-corrected chi connectivity index (χ0v) is 16.3. The van der Waals surface area contributed by atoms with Gasteiger partial charge in [-0.1, -0.05) is 32.0 Å². The maximum atomic E-state index is 10.5. The van der Waals surface area contributed by atoms with Gasteiger partial charge in [-0.2, -0.15) is 0 Å². The van der Waals surface area contributed by atoms with Crippen LogP contribution in [0.2, 0.25) is 0 Å². The summed E-state index contributed by atoms with van der Waals surface area (Å²) in [6.07, 6.45) is 1.37. The Morgan fingerprint density at radius 1 is 1.00 bits per heavy atom. The van der Waals surface area contributed by atoms with Gasteiger partial charge in [0.1, 0.15) is 18.1 Å². The van der Waals surface area contributed by atoms with Crippen LogP contribution in [0.1, 0.15) is 48.6 Å². The molecule has 2 aliphatic heterocycles. The quantitative estimate of drug-likeness (QED) is 0.864. The lowest BCUT2D eigenvalue weighted by Crippen LogP contribution is -2.25. The number of ether oxygens (including phenoxy) is 2. The molecule has 144 valence electrons. The summed E-state index contributed by atoms with van der Waals surface area (Å²) in [7, 11) is 0. The Balaban J connectivity index is 1.50. The SMILES string of the molecule is CC(C)C[C@H](O)c1ccc2c(c1)CN(Cc1ccc3c(c1)CCO3)CCO2. The Labute approximate surface area is 161 Å². The topological polar surface area (TPSA) is 41.9 Å². The van der Waals surface area contributed by atoms with Gasteiger partial charge in [-0.05, 0) is 47.2 Å². The van der Waals surface area contributed by atoms with Crippen molar-refractivity contribution in [1.29, 1.82) is 0 Å². The van der Waals surface area contributed by atoms with Crippen molar-refractivity contribution in [1.82, 2.24) is 4.90 Å². The van der Waals surface area contributed by atoms with E-state index in [0.717, 1.165) is 61.7 Å². The van der Waals surface area contributed by atoms with Crippen LogP contribution in [-0.4, -0.2) is 29.8 Å². The summed E-state index contributed by atoms with van der Waals surface area (Å²) < 4.78 is 11.6. The molecule has 2 heterocycles. The number of aliphatic hydroxyl groups is 1. The standard InChI is InChI=1S/C23H29NO3/c1-16(2)11-21(25)18-4-6-23-20(13-18)15-24(8-10-27-23)14-17-3-5-22-19(12-17)7-9-26-22/h3-6,12-13,16,21,25H,7-11,14-15H2,1-2H3/t21-/m0/s1. The minimum Gasteiger partial charge on any atom is -0.493 e. The first-order valence-corrected chi connectivity index (χ1v) is 9.99. The lowest BCUT2D eigenvalue weighted by molar-refractivity contribution is 0.151. The van der Waals surface area contributed by atoms with E-state index in [-0.39, 0.29) is 0 Å². The fraction of sp³-hybridized carbons (Fsp3) is 0.478. The van der Waals surface area contributed by atoms with Crippen LogP contribution >= 0.6 is 0 Å². The molecule has 2 aromatic carbocycles. The maximum absolute atomic E-state index is 10.5. The van der Waals surface area contributed by atoms with Crippen LogP contribution in [0, 0.1) is 5.92 Å². The highest BCUT2D eigenvalue weighted by Crippen LogP contribution is 2.30. The molecule has 4 nitrogen and oxygen atoms in total. The average Bonchev–Trinajstić information content (AvgIpc) is 3.00. The summed E-state index contributed by atoms with van der Waals surface area (Å²) in [6.45, 7) is 8.39. The number of fused-ring (bicyclic) bond motifs is 2. The Morgan fingerprint density at radius 2 is 1.78 bits per heavy atom. The van der Waals surface area contributed by atoms with E-state index < -0.39 is 6.10 Å². The molecular formula is C23H29NO3. The molecule has 4 rings (SSSR count). The van der Waals surface area contributed by atoms with Gasteiger partial charge in [0.25, 0.3) is 0 Å². The summed E-state index contributed by atoms with van der Waals surface area (Å²) in [5.41, 5.74) is 4.79. The molecule has 1 atom stereocenters. The Morgan fingerprint density at radius 3 is 2.63 bits per heavy atom. The third-order valence-corrected chi connectivity index (χ3v) is 5.38. The highest BCUT2D eigenvalue weighted by molar-refractivity contribution is 5.41.